The van der Waals surface area contributed by atoms with Crippen LogP contribution in [0.25, 0.3) is 0 Å². The Hall–Kier alpha value is -1.71. The maximum absolute atomic E-state index is 9.24. The first kappa shape index (κ1) is 7.91. The predicted molar refractivity (Wildman–Crippen MR) is 50.5 cm³/mol. The Kier molecular flexibility index (Phi) is 1.81. The molecule has 0 aromatic heterocycles. The molecular weight excluding hydrogens is 166 g/mol. The first-order valence-corrected chi connectivity index (χ1v) is 4.11. The summed E-state index contributed by atoms with van der Waals surface area (Å²) in [6.07, 6.45) is 0. The molecule has 0 amide bonds. The van der Waals surface area contributed by atoms with Gasteiger partial charge in [0.1, 0.15) is 5.75 Å². The van der Waals surface area contributed by atoms with Gasteiger partial charge in [-0.05, 0) is 17.7 Å². The highest BCUT2D eigenvalue weighted by molar-refractivity contribution is 5.80. The molecule has 0 spiro atoms. The van der Waals surface area contributed by atoms with Gasteiger partial charge in [0.25, 0.3) is 0 Å². The molecule has 4 heteroatoms. The molecule has 0 saturated heterocycles. The highest BCUT2D eigenvalue weighted by Gasteiger charge is 2.16. The molecule has 13 heavy (non-hydrogen) atoms. The summed E-state index contributed by atoms with van der Waals surface area (Å²) in [5.74, 6) is 0.734. The molecule has 0 fully saturated rings. The van der Waals surface area contributed by atoms with E-state index in [1.807, 2.05) is 6.07 Å². The molecule has 0 unspecified atom stereocenters. The van der Waals surface area contributed by atoms with Crippen LogP contribution >= 0.6 is 0 Å². The molecule has 4 N–H and O–H groups in total. The molecule has 68 valence electrons. The van der Waals surface area contributed by atoms with E-state index in [1.165, 1.54) is 0 Å². The van der Waals surface area contributed by atoms with Crippen LogP contribution in [0.4, 0.5) is 0 Å². The fraction of sp³-hybridized carbons (Fsp3) is 0.222. The quantitative estimate of drug-likeness (QED) is 0.579. The van der Waals surface area contributed by atoms with Gasteiger partial charge < -0.3 is 16.2 Å². The average Bonchev–Trinajstić information content (AvgIpc) is 2.52. The number of nitrogens with one attached hydrogen (secondary N) is 1. The number of benzene rings is 1. The lowest BCUT2D eigenvalue weighted by molar-refractivity contribution is 0.473. The fourth-order valence-electron chi connectivity index (χ4n) is 1.39. The second-order valence-electron chi connectivity index (χ2n) is 3.02. The van der Waals surface area contributed by atoms with Crippen molar-refractivity contribution in [3.8, 4) is 5.75 Å². The smallest absolute Gasteiger partial charge is 0.189 e. The molecule has 0 aliphatic carbocycles. The van der Waals surface area contributed by atoms with E-state index in [2.05, 4.69) is 10.3 Å². The van der Waals surface area contributed by atoms with Crippen molar-refractivity contribution in [2.75, 3.05) is 6.54 Å². The average molecular weight is 177 g/mol. The van der Waals surface area contributed by atoms with Gasteiger partial charge in [-0.15, -0.1) is 0 Å². The molecule has 2 rings (SSSR count). The summed E-state index contributed by atoms with van der Waals surface area (Å²) in [5.41, 5.74) is 6.48. The zero-order valence-electron chi connectivity index (χ0n) is 7.07. The van der Waals surface area contributed by atoms with E-state index in [0.29, 0.717) is 12.5 Å². The topological polar surface area (TPSA) is 70.6 Å². The summed E-state index contributed by atoms with van der Waals surface area (Å²) >= 11 is 0. The number of phenolic OH excluding ortho intramolecular Hbond substituents is 1. The number of hydrogen-bond donors (Lipinski definition) is 3. The van der Waals surface area contributed by atoms with Gasteiger partial charge in [-0.25, -0.2) is 0 Å². The largest absolute Gasteiger partial charge is 0.508 e. The number of nitrogens with zero attached hydrogens (tertiary/aromatic N) is 1. The van der Waals surface area contributed by atoms with E-state index >= 15 is 0 Å². The number of phenols is 1. The second kappa shape index (κ2) is 2.97. The van der Waals surface area contributed by atoms with E-state index < -0.39 is 0 Å². The normalized spacial score (nSPS) is 20.9. The van der Waals surface area contributed by atoms with Gasteiger partial charge in [-0.1, -0.05) is 12.1 Å². The van der Waals surface area contributed by atoms with Gasteiger partial charge in [-0.3, -0.25) is 4.99 Å². The fourth-order valence-corrected chi connectivity index (χ4v) is 1.39. The van der Waals surface area contributed by atoms with Crippen LogP contribution in [-0.4, -0.2) is 17.6 Å². The zero-order valence-corrected chi connectivity index (χ0v) is 7.07. The van der Waals surface area contributed by atoms with Gasteiger partial charge in [0.2, 0.25) is 0 Å². The number of nitrogens with two attached hydrogens (primary N) is 1. The van der Waals surface area contributed by atoms with E-state index in [1.54, 1.807) is 18.2 Å². The minimum Gasteiger partial charge on any atom is -0.508 e. The lowest BCUT2D eigenvalue weighted by Crippen LogP contribution is -2.29. The highest BCUT2D eigenvalue weighted by atomic mass is 16.3. The molecule has 0 saturated carbocycles. The van der Waals surface area contributed by atoms with Gasteiger partial charge in [0.15, 0.2) is 5.96 Å². The second-order valence-corrected chi connectivity index (χ2v) is 3.02. The van der Waals surface area contributed by atoms with E-state index in [4.69, 9.17) is 5.73 Å². The van der Waals surface area contributed by atoms with Crippen molar-refractivity contribution in [2.45, 2.75) is 6.04 Å². The van der Waals surface area contributed by atoms with Gasteiger partial charge in [0, 0.05) is 0 Å². The number of guanidine groups is 1. The maximum atomic E-state index is 9.24. The number of aromatic hydroxyl groups is 1. The first-order valence-electron chi connectivity index (χ1n) is 4.11. The van der Waals surface area contributed by atoms with Crippen LogP contribution in [0.15, 0.2) is 29.3 Å². The molecule has 1 aromatic rings. The van der Waals surface area contributed by atoms with Crippen molar-refractivity contribution in [3.63, 3.8) is 0 Å². The summed E-state index contributed by atoms with van der Waals surface area (Å²) in [6, 6.07) is 7.20. The van der Waals surface area contributed by atoms with Crippen LogP contribution < -0.4 is 11.1 Å². The monoisotopic (exact) mass is 177 g/mol. The summed E-state index contributed by atoms with van der Waals surface area (Å²) in [6.45, 7) is 0.634. The summed E-state index contributed by atoms with van der Waals surface area (Å²) in [5, 5.41) is 12.3. The Labute approximate surface area is 76.1 Å². The van der Waals surface area contributed by atoms with Gasteiger partial charge in [-0.2, -0.15) is 0 Å². The van der Waals surface area contributed by atoms with Crippen LogP contribution in [0, 0.1) is 0 Å². The number of rotatable bonds is 1. The third-order valence-corrected chi connectivity index (χ3v) is 2.04. The number of aliphatic imine (C=N–C) groups is 1. The third kappa shape index (κ3) is 1.56. The van der Waals surface area contributed by atoms with Gasteiger partial charge >= 0.3 is 0 Å². The van der Waals surface area contributed by atoms with Crippen molar-refractivity contribution < 1.29 is 5.11 Å². The van der Waals surface area contributed by atoms with Crippen molar-refractivity contribution >= 4 is 5.96 Å². The van der Waals surface area contributed by atoms with Crippen molar-refractivity contribution in [3.05, 3.63) is 29.8 Å². The number of hydrogen-bond acceptors (Lipinski definition) is 4. The summed E-state index contributed by atoms with van der Waals surface area (Å²) < 4.78 is 0. The van der Waals surface area contributed by atoms with E-state index in [0.717, 1.165) is 5.56 Å². The standard InChI is InChI=1S/C9H11N3O/c10-9-11-5-8(12-9)6-2-1-3-7(13)4-6/h1-4,8,13H,5H2,(H3,10,11,12)/t8-/m0/s1. The Balaban J connectivity index is 2.18. The lowest BCUT2D eigenvalue weighted by atomic mass is 10.1. The van der Waals surface area contributed by atoms with Crippen molar-refractivity contribution in [1.29, 1.82) is 0 Å². The molecule has 1 aromatic carbocycles. The Morgan fingerprint density at radius 2 is 2.38 bits per heavy atom. The molecule has 0 bridgehead atoms. The minimum absolute atomic E-state index is 0.104. The third-order valence-electron chi connectivity index (χ3n) is 2.04. The maximum Gasteiger partial charge on any atom is 0.189 e. The zero-order chi connectivity index (χ0) is 9.26. The molecule has 1 aliphatic rings. The van der Waals surface area contributed by atoms with Crippen LogP contribution in [0.3, 0.4) is 0 Å². The van der Waals surface area contributed by atoms with Crippen molar-refractivity contribution in [2.24, 2.45) is 10.7 Å². The van der Waals surface area contributed by atoms with Crippen LogP contribution in [-0.2, 0) is 0 Å². The molecule has 0 radical (unpaired) electrons. The van der Waals surface area contributed by atoms with Crippen LogP contribution in [0.5, 0.6) is 5.75 Å². The first-order chi connectivity index (χ1) is 6.25. The Morgan fingerprint density at radius 3 is 3.00 bits per heavy atom. The minimum atomic E-state index is 0.104. The molecule has 1 heterocycles. The van der Waals surface area contributed by atoms with E-state index in [9.17, 15) is 5.11 Å². The molecule has 4 nitrogen and oxygen atoms in total. The predicted octanol–water partition coefficient (Wildman–Crippen LogP) is 0.351. The summed E-state index contributed by atoms with van der Waals surface area (Å²) in [4.78, 5) is 4.03. The molecule has 1 aliphatic heterocycles. The highest BCUT2D eigenvalue weighted by Crippen LogP contribution is 2.20. The Morgan fingerprint density at radius 1 is 1.54 bits per heavy atom. The van der Waals surface area contributed by atoms with Gasteiger partial charge in [0.05, 0.1) is 12.6 Å². The van der Waals surface area contributed by atoms with Crippen LogP contribution in [0.1, 0.15) is 11.6 Å². The summed E-state index contributed by atoms with van der Waals surface area (Å²) in [7, 11) is 0. The van der Waals surface area contributed by atoms with Crippen molar-refractivity contribution in [1.82, 2.24) is 5.32 Å². The molecule has 1 atom stereocenters. The SMILES string of the molecule is NC1=NC[C@@H](c2cccc(O)c2)N1. The molecular formula is C9H11N3O. The lowest BCUT2D eigenvalue weighted by Gasteiger charge is -2.10. The van der Waals surface area contributed by atoms with E-state index in [-0.39, 0.29) is 11.8 Å². The van der Waals surface area contributed by atoms with Crippen LogP contribution in [0.2, 0.25) is 0 Å². The Bertz CT molecular complexity index is 348.